The molecule has 0 saturated carbocycles. The zero-order valence-electron chi connectivity index (χ0n) is 20.7. The van der Waals surface area contributed by atoms with Gasteiger partial charge >= 0.3 is 77.2 Å². The van der Waals surface area contributed by atoms with E-state index in [1.807, 2.05) is 0 Å². The minimum atomic E-state index is -9.74. The van der Waals surface area contributed by atoms with Crippen LogP contribution in [0.25, 0.3) is 0 Å². The highest BCUT2D eigenvalue weighted by Crippen LogP contribution is 2.68. The predicted molar refractivity (Wildman–Crippen MR) is 89.5 cm³/mol. The van der Waals surface area contributed by atoms with E-state index >= 15 is 0 Å². The number of halogens is 27. The molecule has 0 amide bonds. The van der Waals surface area contributed by atoms with Crippen molar-refractivity contribution < 1.29 is 119 Å². The van der Waals surface area contributed by atoms with Gasteiger partial charge in [0.25, 0.3) is 0 Å². The Labute approximate surface area is 229 Å². The Hall–Kier alpha value is -1.89. The van der Waals surface area contributed by atoms with Crippen LogP contribution in [0, 0.1) is 5.92 Å². The minimum absolute atomic E-state index is 0.454. The van der Waals surface area contributed by atoms with Gasteiger partial charge in [0.2, 0.25) is 0 Å². The zero-order chi connectivity index (χ0) is 37.5. The molecule has 0 rings (SSSR count). The molecule has 0 aromatic rings. The molecule has 1 unspecified atom stereocenters. The van der Waals surface area contributed by atoms with E-state index in [4.69, 9.17) is 0 Å². The van der Waals surface area contributed by atoms with Crippen LogP contribution in [0.5, 0.6) is 0 Å². The highest BCUT2D eigenvalue weighted by atomic mass is 19.4. The summed E-state index contributed by atoms with van der Waals surface area (Å²) in [5.74, 6) is -111. The van der Waals surface area contributed by atoms with Crippen molar-refractivity contribution in [3.63, 3.8) is 0 Å². The largest absolute Gasteiger partial charge is 0.460 e. The zero-order valence-corrected chi connectivity index (χ0v) is 20.7. The first-order chi connectivity index (χ1) is 19.0. The van der Waals surface area contributed by atoms with Gasteiger partial charge in [-0.15, -0.1) is 0 Å². The molecule has 1 atom stereocenters. The van der Waals surface area contributed by atoms with Crippen LogP contribution < -0.4 is 0 Å². The van der Waals surface area contributed by atoms with E-state index in [2.05, 4.69) is 0 Å². The molecule has 0 nitrogen and oxygen atoms in total. The highest BCUT2D eigenvalue weighted by molar-refractivity contribution is 5.20. The molecule has 0 radical (unpaired) electrons. The summed E-state index contributed by atoms with van der Waals surface area (Å²) < 4.78 is 362. The van der Waals surface area contributed by atoms with Crippen molar-refractivity contribution >= 4 is 0 Å². The number of hydrogen-bond donors (Lipinski definition) is 0. The van der Waals surface area contributed by atoms with Crippen LogP contribution in [0.2, 0.25) is 0 Å². The van der Waals surface area contributed by atoms with E-state index < -0.39 is 96.0 Å². The second-order valence-corrected chi connectivity index (χ2v) is 9.24. The summed E-state index contributed by atoms with van der Waals surface area (Å²) in [7, 11) is 0. The van der Waals surface area contributed by atoms with E-state index in [-0.39, 0.29) is 0 Å². The van der Waals surface area contributed by atoms with Crippen LogP contribution in [0.1, 0.15) is 26.7 Å². The van der Waals surface area contributed by atoms with Crippen LogP contribution in [-0.2, 0) is 0 Å². The van der Waals surface area contributed by atoms with E-state index in [0.29, 0.717) is 6.92 Å². The van der Waals surface area contributed by atoms with Gasteiger partial charge in [-0.05, 0) is 5.92 Å². The second-order valence-electron chi connectivity index (χ2n) is 9.24. The molecule has 0 spiro atoms. The van der Waals surface area contributed by atoms with Crippen molar-refractivity contribution in [1.29, 1.82) is 0 Å². The maximum Gasteiger partial charge on any atom is 0.460 e. The first-order valence-corrected chi connectivity index (χ1v) is 10.6. The van der Waals surface area contributed by atoms with Crippen LogP contribution >= 0.6 is 0 Å². The Morgan fingerprint density at radius 3 is 0.667 bits per heavy atom. The van der Waals surface area contributed by atoms with Crippen molar-refractivity contribution in [3.8, 4) is 0 Å². The van der Waals surface area contributed by atoms with Gasteiger partial charge in [0.1, 0.15) is 0 Å². The van der Waals surface area contributed by atoms with Crippen molar-refractivity contribution in [2.45, 2.75) is 104 Å². The summed E-state index contributed by atoms with van der Waals surface area (Å²) in [4.78, 5) is 0. The third-order valence-electron chi connectivity index (χ3n) is 6.06. The normalized spacial score (nSPS) is 17.5. The molecule has 0 fully saturated rings. The molecule has 45 heavy (non-hydrogen) atoms. The summed E-state index contributed by atoms with van der Waals surface area (Å²) in [5, 5.41) is 0. The predicted octanol–water partition coefficient (Wildman–Crippen LogP) is 10.6. The van der Waals surface area contributed by atoms with Gasteiger partial charge in [-0.25, -0.2) is 0 Å². The lowest BCUT2D eigenvalue weighted by Crippen LogP contribution is -2.78. The molecule has 0 aliphatic rings. The fourth-order valence-electron chi connectivity index (χ4n) is 2.89. The second kappa shape index (κ2) is 10.8. The Morgan fingerprint density at radius 1 is 0.311 bits per heavy atom. The molecule has 0 aliphatic heterocycles. The van der Waals surface area contributed by atoms with Crippen LogP contribution in [0.4, 0.5) is 119 Å². The monoisotopic (exact) mass is 740 g/mol. The Balaban J connectivity index is 7.41. The van der Waals surface area contributed by atoms with E-state index in [9.17, 15) is 119 Å². The lowest BCUT2D eigenvalue weighted by Gasteiger charge is -2.46. The third-order valence-corrected chi connectivity index (χ3v) is 6.06. The van der Waals surface area contributed by atoms with Crippen molar-refractivity contribution in [3.05, 3.63) is 0 Å². The van der Waals surface area contributed by atoms with Crippen molar-refractivity contribution in [2.24, 2.45) is 5.92 Å². The molecule has 0 aromatic carbocycles. The number of rotatable bonds is 14. The van der Waals surface area contributed by atoms with Crippen LogP contribution in [0.15, 0.2) is 0 Å². The van der Waals surface area contributed by atoms with E-state index in [1.165, 1.54) is 0 Å². The minimum Gasteiger partial charge on any atom is -0.200 e. The van der Waals surface area contributed by atoms with Crippen LogP contribution in [0.3, 0.4) is 0 Å². The van der Waals surface area contributed by atoms with Gasteiger partial charge in [0.15, 0.2) is 0 Å². The SMILES string of the molecule is CCC(C)CC(F)(F)C(F)(F)C(F)(F)C(F)(F)C(F)(F)C(F)(F)C(F)(F)C(F)(F)C(F)(F)C(F)(F)C(F)(F)C(F)(F)C(F)(F)F. The van der Waals surface area contributed by atoms with Gasteiger partial charge in [-0.3, -0.25) is 0 Å². The average Bonchev–Trinajstić information content (AvgIpc) is 2.81. The van der Waals surface area contributed by atoms with Crippen molar-refractivity contribution in [1.82, 2.24) is 0 Å². The quantitative estimate of drug-likeness (QED) is 0.156. The maximum absolute atomic E-state index is 13.8. The molecule has 0 saturated heterocycles. The van der Waals surface area contributed by atoms with E-state index in [1.54, 1.807) is 0 Å². The number of alkyl halides is 27. The van der Waals surface area contributed by atoms with Gasteiger partial charge in [0.05, 0.1) is 0 Å². The summed E-state index contributed by atoms with van der Waals surface area (Å²) in [6.07, 6.45) is -11.7. The third kappa shape index (κ3) is 5.30. The fourth-order valence-corrected chi connectivity index (χ4v) is 2.89. The van der Waals surface area contributed by atoms with Gasteiger partial charge in [-0.1, -0.05) is 20.3 Å². The molecule has 272 valence electrons. The van der Waals surface area contributed by atoms with Gasteiger partial charge < -0.3 is 0 Å². The fraction of sp³-hybridized carbons (Fsp3) is 1.00. The highest BCUT2D eigenvalue weighted by Gasteiger charge is 3.00. The summed E-state index contributed by atoms with van der Waals surface area (Å²) in [6.45, 7) is 1.26. The Bertz CT molecular complexity index is 1040. The first kappa shape index (κ1) is 43.1. The van der Waals surface area contributed by atoms with Gasteiger partial charge in [-0.2, -0.15) is 119 Å². The topological polar surface area (TPSA) is 0 Å². The summed E-state index contributed by atoms with van der Waals surface area (Å²) >= 11 is 0. The van der Waals surface area contributed by atoms with Crippen molar-refractivity contribution in [2.75, 3.05) is 0 Å². The molecule has 0 bridgehead atoms. The standard InChI is InChI=1S/C18H11F27/c1-3-5(2)4-6(19,20)7(21,22)8(23,24)9(25,26)10(27,28)11(29,30)12(31,32)13(33,34)14(35,36)15(37,38)16(39,40)17(41,42)18(43,44)45/h5H,3-4H2,1-2H3. The summed E-state index contributed by atoms with van der Waals surface area (Å²) in [5.41, 5.74) is 0. The maximum atomic E-state index is 13.8. The first-order valence-electron chi connectivity index (χ1n) is 10.6. The molecule has 0 aromatic heterocycles. The Kier molecular flexibility index (Phi) is 10.4. The molecule has 27 heteroatoms. The average molecular weight is 740 g/mol. The molecule has 0 N–H and O–H groups in total. The lowest BCUT2D eigenvalue weighted by molar-refractivity contribution is -0.485. The lowest BCUT2D eigenvalue weighted by atomic mass is 9.83. The number of hydrogen-bond acceptors (Lipinski definition) is 0. The smallest absolute Gasteiger partial charge is 0.200 e. The Morgan fingerprint density at radius 2 is 0.489 bits per heavy atom. The molecule has 0 aliphatic carbocycles. The van der Waals surface area contributed by atoms with Gasteiger partial charge in [0, 0.05) is 6.42 Å². The molecular formula is C18H11F27. The van der Waals surface area contributed by atoms with Crippen LogP contribution in [-0.4, -0.2) is 77.2 Å². The molecule has 0 heterocycles. The molecular weight excluding hydrogens is 729 g/mol. The summed E-state index contributed by atoms with van der Waals surface area (Å²) in [6, 6.07) is 0. The van der Waals surface area contributed by atoms with E-state index in [0.717, 1.165) is 6.92 Å².